The van der Waals surface area contributed by atoms with Gasteiger partial charge < -0.3 is 30.6 Å². The molecule has 26 heavy (non-hydrogen) atoms. The van der Waals surface area contributed by atoms with Crippen molar-refractivity contribution < 1.29 is 93.5 Å². The SMILES string of the molecule is O=C(O)CCC(=O)O.O=C(O)CCC(=O)O.O=C(O)CCC(=O)O.[Fe].[Fe]. The van der Waals surface area contributed by atoms with Gasteiger partial charge in [0.1, 0.15) is 0 Å². The largest absolute Gasteiger partial charge is 0.481 e. The Bertz CT molecular complexity index is 355. The first kappa shape index (κ1) is 35.1. The van der Waals surface area contributed by atoms with Gasteiger partial charge >= 0.3 is 35.8 Å². The van der Waals surface area contributed by atoms with Crippen LogP contribution in [0.1, 0.15) is 38.5 Å². The summed E-state index contributed by atoms with van der Waals surface area (Å²) >= 11 is 0. The second-order valence-electron chi connectivity index (χ2n) is 3.86. The molecule has 0 atom stereocenters. The second kappa shape index (κ2) is 22.9. The van der Waals surface area contributed by atoms with Crippen LogP contribution in [-0.4, -0.2) is 66.5 Å². The zero-order valence-corrected chi connectivity index (χ0v) is 15.3. The minimum Gasteiger partial charge on any atom is -0.481 e. The standard InChI is InChI=1S/3C4H6O4.2Fe/c3*5-3(6)1-2-4(7)8;;/h3*1-2H2,(H,5,6)(H,7,8);;. The number of carbonyl (C=O) groups is 6. The summed E-state index contributed by atoms with van der Waals surface area (Å²) in [6, 6.07) is 0. The van der Waals surface area contributed by atoms with E-state index in [1.54, 1.807) is 0 Å². The Morgan fingerprint density at radius 2 is 0.423 bits per heavy atom. The van der Waals surface area contributed by atoms with Crippen LogP contribution in [-0.2, 0) is 62.9 Å². The zero-order chi connectivity index (χ0) is 19.7. The molecular weight excluding hydrogens is 448 g/mol. The molecule has 6 N–H and O–H groups in total. The number of carboxylic acids is 6. The molecule has 0 spiro atoms. The summed E-state index contributed by atoms with van der Waals surface area (Å²) in [5, 5.41) is 47.4. The Balaban J connectivity index is -0.0000000817. The van der Waals surface area contributed by atoms with Crippen LogP contribution in [0.2, 0.25) is 0 Å². The minimum absolute atomic E-state index is 0. The molecule has 12 nitrogen and oxygen atoms in total. The van der Waals surface area contributed by atoms with Crippen molar-refractivity contribution in [2.45, 2.75) is 38.5 Å². The van der Waals surface area contributed by atoms with Crippen LogP contribution < -0.4 is 0 Å². The van der Waals surface area contributed by atoms with E-state index >= 15 is 0 Å². The number of rotatable bonds is 9. The molecular formula is C12H18Fe2O12. The van der Waals surface area contributed by atoms with Crippen molar-refractivity contribution in [3.05, 3.63) is 0 Å². The van der Waals surface area contributed by atoms with Crippen LogP contribution >= 0.6 is 0 Å². The molecule has 0 aromatic rings. The fourth-order valence-electron chi connectivity index (χ4n) is 0.642. The summed E-state index contributed by atoms with van der Waals surface area (Å²) in [7, 11) is 0. The third kappa shape index (κ3) is 57.5. The van der Waals surface area contributed by atoms with E-state index in [1.807, 2.05) is 0 Å². The first-order valence-electron chi connectivity index (χ1n) is 6.19. The molecule has 0 aromatic heterocycles. The predicted molar refractivity (Wildman–Crippen MR) is 73.5 cm³/mol. The summed E-state index contributed by atoms with van der Waals surface area (Å²) in [6.45, 7) is 0. The van der Waals surface area contributed by atoms with Gasteiger partial charge in [-0.05, 0) is 0 Å². The summed E-state index contributed by atoms with van der Waals surface area (Å²) in [5.41, 5.74) is 0. The summed E-state index contributed by atoms with van der Waals surface area (Å²) in [4.78, 5) is 57.8. The number of carboxylic acid groups (broad SMARTS) is 6. The Morgan fingerprint density at radius 3 is 0.462 bits per heavy atom. The molecule has 154 valence electrons. The molecule has 14 heteroatoms. The molecule has 0 aromatic carbocycles. The third-order valence-corrected chi connectivity index (χ3v) is 1.66. The monoisotopic (exact) mass is 466 g/mol. The van der Waals surface area contributed by atoms with E-state index in [4.69, 9.17) is 30.6 Å². The molecule has 0 saturated heterocycles. The molecule has 0 saturated carbocycles. The Hall–Kier alpha value is -2.14. The van der Waals surface area contributed by atoms with Crippen molar-refractivity contribution in [3.8, 4) is 0 Å². The van der Waals surface area contributed by atoms with Crippen molar-refractivity contribution in [1.82, 2.24) is 0 Å². The maximum atomic E-state index is 9.64. The van der Waals surface area contributed by atoms with Gasteiger partial charge in [-0.25, -0.2) is 0 Å². The topological polar surface area (TPSA) is 224 Å². The van der Waals surface area contributed by atoms with E-state index in [2.05, 4.69) is 0 Å². The molecule has 0 heterocycles. The summed E-state index contributed by atoms with van der Waals surface area (Å²) in [5.74, 6) is -6.46. The van der Waals surface area contributed by atoms with Crippen molar-refractivity contribution in [3.63, 3.8) is 0 Å². The van der Waals surface area contributed by atoms with Crippen LogP contribution in [0.5, 0.6) is 0 Å². The molecule has 0 rings (SSSR count). The van der Waals surface area contributed by atoms with Gasteiger partial charge in [0.25, 0.3) is 0 Å². The smallest absolute Gasteiger partial charge is 0.303 e. The third-order valence-electron chi connectivity index (χ3n) is 1.66. The number of hydrogen-bond donors (Lipinski definition) is 6. The van der Waals surface area contributed by atoms with Crippen LogP contribution in [0.4, 0.5) is 0 Å². The summed E-state index contributed by atoms with van der Waals surface area (Å²) < 4.78 is 0. The van der Waals surface area contributed by atoms with Gasteiger partial charge in [-0.15, -0.1) is 0 Å². The minimum atomic E-state index is -1.08. The van der Waals surface area contributed by atoms with Gasteiger partial charge in [0.15, 0.2) is 0 Å². The number of aliphatic carboxylic acids is 6. The van der Waals surface area contributed by atoms with Gasteiger partial charge in [-0.3, -0.25) is 28.8 Å². The van der Waals surface area contributed by atoms with Crippen molar-refractivity contribution >= 4 is 35.8 Å². The van der Waals surface area contributed by atoms with Gasteiger partial charge in [-0.2, -0.15) is 0 Å². The van der Waals surface area contributed by atoms with Crippen molar-refractivity contribution in [1.29, 1.82) is 0 Å². The van der Waals surface area contributed by atoms with E-state index in [9.17, 15) is 28.8 Å². The molecule has 0 bridgehead atoms. The quantitative estimate of drug-likeness (QED) is 0.243. The van der Waals surface area contributed by atoms with Crippen LogP contribution in [0.15, 0.2) is 0 Å². The molecule has 0 unspecified atom stereocenters. The molecule has 0 radical (unpaired) electrons. The van der Waals surface area contributed by atoms with Crippen molar-refractivity contribution in [2.24, 2.45) is 0 Å². The Labute approximate surface area is 168 Å². The average Bonchev–Trinajstić information content (AvgIpc) is 2.42. The van der Waals surface area contributed by atoms with E-state index in [0.717, 1.165) is 0 Å². The van der Waals surface area contributed by atoms with E-state index in [0.29, 0.717) is 0 Å². The first-order chi connectivity index (χ1) is 10.9. The van der Waals surface area contributed by atoms with Crippen LogP contribution in [0.3, 0.4) is 0 Å². The molecule has 0 aliphatic carbocycles. The first-order valence-corrected chi connectivity index (χ1v) is 6.19. The fourth-order valence-corrected chi connectivity index (χ4v) is 0.642. The Morgan fingerprint density at radius 1 is 0.346 bits per heavy atom. The van der Waals surface area contributed by atoms with E-state index in [1.165, 1.54) is 0 Å². The van der Waals surface area contributed by atoms with Gasteiger partial charge in [0.2, 0.25) is 0 Å². The molecule has 0 amide bonds. The van der Waals surface area contributed by atoms with Crippen molar-refractivity contribution in [2.75, 3.05) is 0 Å². The van der Waals surface area contributed by atoms with Crippen LogP contribution in [0.25, 0.3) is 0 Å². The zero-order valence-electron chi connectivity index (χ0n) is 13.1. The molecule has 0 fully saturated rings. The maximum absolute atomic E-state index is 9.64. The maximum Gasteiger partial charge on any atom is 0.303 e. The Kier molecular flexibility index (Phi) is 30.8. The predicted octanol–water partition coefficient (Wildman–Crippen LogP) is -0.198. The van der Waals surface area contributed by atoms with E-state index in [-0.39, 0.29) is 72.7 Å². The fraction of sp³-hybridized carbons (Fsp3) is 0.500. The van der Waals surface area contributed by atoms with E-state index < -0.39 is 35.8 Å². The van der Waals surface area contributed by atoms with Gasteiger partial charge in [-0.1, -0.05) is 0 Å². The van der Waals surface area contributed by atoms with Gasteiger partial charge in [0.05, 0.1) is 38.5 Å². The normalized spacial score (nSPS) is 7.85. The van der Waals surface area contributed by atoms with Gasteiger partial charge in [0, 0.05) is 34.1 Å². The molecule has 0 aliphatic heterocycles. The van der Waals surface area contributed by atoms with Crippen LogP contribution in [0, 0.1) is 0 Å². The number of hydrogen-bond acceptors (Lipinski definition) is 6. The second-order valence-corrected chi connectivity index (χ2v) is 3.86. The summed E-state index contributed by atoms with van der Waals surface area (Å²) in [6.07, 6.45) is -1.78. The molecule has 0 aliphatic rings. The average molecular weight is 466 g/mol.